The standard InChI is InChI=1S/C21H30N4/c1-7-9-22-19-12-17(6)23-21-18(13-24(8-2)25(19)21)20-15(4)10-14(3)11-16(20)5/h10-12,23H,7-9,13H2,1-6H3. The summed E-state index contributed by atoms with van der Waals surface area (Å²) in [5.74, 6) is 2.22. The van der Waals surface area contributed by atoms with Gasteiger partial charge in [0.05, 0.1) is 0 Å². The monoisotopic (exact) mass is 338 g/mol. The minimum Gasteiger partial charge on any atom is -0.344 e. The summed E-state index contributed by atoms with van der Waals surface area (Å²) in [5, 5.41) is 8.25. The van der Waals surface area contributed by atoms with Crippen LogP contribution in [-0.2, 0) is 0 Å². The summed E-state index contributed by atoms with van der Waals surface area (Å²) in [5.41, 5.74) is 7.91. The van der Waals surface area contributed by atoms with Gasteiger partial charge in [0.15, 0.2) is 0 Å². The first-order chi connectivity index (χ1) is 12.0. The van der Waals surface area contributed by atoms with Gasteiger partial charge in [0.2, 0.25) is 0 Å². The quantitative estimate of drug-likeness (QED) is 0.895. The number of aliphatic imine (C=N–C) groups is 1. The van der Waals surface area contributed by atoms with Crippen molar-refractivity contribution in [2.24, 2.45) is 4.99 Å². The number of hydrogen-bond donors (Lipinski definition) is 1. The van der Waals surface area contributed by atoms with Gasteiger partial charge in [-0.3, -0.25) is 4.99 Å². The maximum atomic E-state index is 4.83. The van der Waals surface area contributed by atoms with Gasteiger partial charge in [0.25, 0.3) is 0 Å². The molecule has 3 rings (SSSR count). The van der Waals surface area contributed by atoms with Crippen molar-refractivity contribution in [3.8, 4) is 0 Å². The fourth-order valence-corrected chi connectivity index (χ4v) is 3.91. The number of amidine groups is 1. The Balaban J connectivity index is 2.15. The van der Waals surface area contributed by atoms with Gasteiger partial charge in [-0.25, -0.2) is 10.0 Å². The van der Waals surface area contributed by atoms with Crippen molar-refractivity contribution in [1.29, 1.82) is 0 Å². The summed E-state index contributed by atoms with van der Waals surface area (Å²) in [6.45, 7) is 15.8. The van der Waals surface area contributed by atoms with E-state index < -0.39 is 0 Å². The molecule has 0 aliphatic carbocycles. The smallest absolute Gasteiger partial charge is 0.146 e. The van der Waals surface area contributed by atoms with E-state index in [1.165, 1.54) is 33.6 Å². The van der Waals surface area contributed by atoms with E-state index in [1.54, 1.807) is 0 Å². The number of allylic oxidation sites excluding steroid dienone is 1. The molecule has 1 aromatic carbocycles. The normalized spacial score (nSPS) is 19.4. The third-order valence-corrected chi connectivity index (χ3v) is 4.84. The molecule has 0 radical (unpaired) electrons. The Morgan fingerprint density at radius 3 is 2.36 bits per heavy atom. The van der Waals surface area contributed by atoms with Crippen LogP contribution in [0.2, 0.25) is 0 Å². The molecular formula is C21H30N4. The molecule has 4 heteroatoms. The van der Waals surface area contributed by atoms with E-state index in [4.69, 9.17) is 4.99 Å². The van der Waals surface area contributed by atoms with E-state index in [0.717, 1.165) is 37.6 Å². The Bertz CT molecular complexity index is 747. The number of hydrogen-bond acceptors (Lipinski definition) is 3. The predicted molar refractivity (Wildman–Crippen MR) is 106 cm³/mol. The molecule has 0 saturated carbocycles. The lowest BCUT2D eigenvalue weighted by Crippen LogP contribution is -2.46. The molecule has 1 N–H and O–H groups in total. The van der Waals surface area contributed by atoms with Crippen LogP contribution in [0.3, 0.4) is 0 Å². The summed E-state index contributed by atoms with van der Waals surface area (Å²) in [7, 11) is 0. The fraction of sp³-hybridized carbons (Fsp3) is 0.476. The summed E-state index contributed by atoms with van der Waals surface area (Å²) >= 11 is 0. The maximum absolute atomic E-state index is 4.83. The number of aryl methyl sites for hydroxylation is 3. The zero-order chi connectivity index (χ0) is 18.1. The lowest BCUT2D eigenvalue weighted by atomic mass is 9.93. The van der Waals surface area contributed by atoms with Crippen molar-refractivity contribution in [3.63, 3.8) is 0 Å². The zero-order valence-electron chi connectivity index (χ0n) is 16.4. The number of hydrazine groups is 1. The van der Waals surface area contributed by atoms with Crippen LogP contribution in [0.15, 0.2) is 34.7 Å². The molecule has 2 aliphatic heterocycles. The molecule has 0 spiro atoms. The van der Waals surface area contributed by atoms with Crippen LogP contribution in [0.4, 0.5) is 0 Å². The van der Waals surface area contributed by atoms with E-state index in [-0.39, 0.29) is 0 Å². The van der Waals surface area contributed by atoms with E-state index in [0.29, 0.717) is 0 Å². The maximum Gasteiger partial charge on any atom is 0.146 e. The fourth-order valence-electron chi connectivity index (χ4n) is 3.91. The topological polar surface area (TPSA) is 30.9 Å². The van der Waals surface area contributed by atoms with Gasteiger partial charge in [-0.1, -0.05) is 31.5 Å². The van der Waals surface area contributed by atoms with Gasteiger partial charge < -0.3 is 5.32 Å². The lowest BCUT2D eigenvalue weighted by Gasteiger charge is -2.34. The molecule has 4 nitrogen and oxygen atoms in total. The number of rotatable bonds is 4. The molecule has 0 unspecified atom stereocenters. The van der Waals surface area contributed by atoms with Crippen molar-refractivity contribution in [1.82, 2.24) is 15.3 Å². The third kappa shape index (κ3) is 3.23. The van der Waals surface area contributed by atoms with Crippen molar-refractivity contribution >= 4 is 11.4 Å². The SMILES string of the molecule is CCCN=C1C=C(C)NC2=C(c3c(C)cc(C)cc3C)CN(CC)N12. The molecule has 1 aromatic rings. The van der Waals surface area contributed by atoms with Crippen LogP contribution >= 0.6 is 0 Å². The van der Waals surface area contributed by atoms with Gasteiger partial charge in [-0.2, -0.15) is 0 Å². The van der Waals surface area contributed by atoms with Gasteiger partial charge in [-0.05, 0) is 50.8 Å². The minimum absolute atomic E-state index is 0.859. The Morgan fingerprint density at radius 1 is 1.08 bits per heavy atom. The Morgan fingerprint density at radius 2 is 1.76 bits per heavy atom. The van der Waals surface area contributed by atoms with Gasteiger partial charge in [0.1, 0.15) is 11.7 Å². The molecular weight excluding hydrogens is 308 g/mol. The molecule has 0 bridgehead atoms. The molecule has 0 amide bonds. The zero-order valence-corrected chi connectivity index (χ0v) is 16.4. The van der Waals surface area contributed by atoms with Gasteiger partial charge >= 0.3 is 0 Å². The van der Waals surface area contributed by atoms with Crippen LogP contribution in [0.1, 0.15) is 49.4 Å². The molecule has 2 heterocycles. The number of fused-ring (bicyclic) bond motifs is 1. The summed E-state index contributed by atoms with van der Waals surface area (Å²) in [4.78, 5) is 4.83. The van der Waals surface area contributed by atoms with Crippen molar-refractivity contribution in [2.75, 3.05) is 19.6 Å². The molecule has 25 heavy (non-hydrogen) atoms. The van der Waals surface area contributed by atoms with Crippen LogP contribution in [0.25, 0.3) is 5.57 Å². The predicted octanol–water partition coefficient (Wildman–Crippen LogP) is 4.15. The van der Waals surface area contributed by atoms with Crippen LogP contribution in [0.5, 0.6) is 0 Å². The van der Waals surface area contributed by atoms with E-state index >= 15 is 0 Å². The van der Waals surface area contributed by atoms with Gasteiger partial charge in [0, 0.05) is 37.0 Å². The van der Waals surface area contributed by atoms with Crippen LogP contribution in [0, 0.1) is 20.8 Å². The van der Waals surface area contributed by atoms with Crippen LogP contribution < -0.4 is 5.32 Å². The second-order valence-corrected chi connectivity index (χ2v) is 7.09. The Labute approximate surface area is 151 Å². The first kappa shape index (κ1) is 17.7. The molecule has 134 valence electrons. The number of benzene rings is 1. The van der Waals surface area contributed by atoms with E-state index in [9.17, 15) is 0 Å². The van der Waals surface area contributed by atoms with E-state index in [1.807, 2.05) is 0 Å². The van der Waals surface area contributed by atoms with Gasteiger partial charge in [-0.15, -0.1) is 0 Å². The first-order valence-electron chi connectivity index (χ1n) is 9.32. The Hall–Kier alpha value is -2.07. The summed E-state index contributed by atoms with van der Waals surface area (Å²) < 4.78 is 0. The Kier molecular flexibility index (Phi) is 5.00. The number of likely N-dealkylation sites (N-methyl/N-ethyl adjacent to an activating group) is 1. The third-order valence-electron chi connectivity index (χ3n) is 4.84. The largest absolute Gasteiger partial charge is 0.344 e. The number of nitrogens with one attached hydrogen (secondary N) is 1. The van der Waals surface area contributed by atoms with Crippen LogP contribution in [-0.4, -0.2) is 35.5 Å². The second kappa shape index (κ2) is 7.04. The van der Waals surface area contributed by atoms with E-state index in [2.05, 4.69) is 75.1 Å². The summed E-state index contributed by atoms with van der Waals surface area (Å²) in [6.07, 6.45) is 3.21. The highest BCUT2D eigenvalue weighted by atomic mass is 15.7. The van der Waals surface area contributed by atoms with Crippen molar-refractivity contribution in [2.45, 2.75) is 48.0 Å². The highest BCUT2D eigenvalue weighted by Gasteiger charge is 2.35. The highest BCUT2D eigenvalue weighted by molar-refractivity contribution is 5.98. The minimum atomic E-state index is 0.859. The van der Waals surface area contributed by atoms with Crippen molar-refractivity contribution in [3.05, 3.63) is 52.0 Å². The molecule has 0 atom stereocenters. The number of nitrogens with zero attached hydrogens (tertiary/aromatic N) is 3. The first-order valence-corrected chi connectivity index (χ1v) is 9.32. The summed E-state index contributed by atoms with van der Waals surface area (Å²) in [6, 6.07) is 4.57. The molecule has 0 fully saturated rings. The van der Waals surface area contributed by atoms with Crippen molar-refractivity contribution < 1.29 is 0 Å². The lowest BCUT2D eigenvalue weighted by molar-refractivity contribution is 0.117. The molecule has 0 aromatic heterocycles. The second-order valence-electron chi connectivity index (χ2n) is 7.09. The highest BCUT2D eigenvalue weighted by Crippen LogP contribution is 2.35. The molecule has 0 saturated heterocycles. The average molecular weight is 338 g/mol. The average Bonchev–Trinajstić information content (AvgIpc) is 2.90. The molecule has 2 aliphatic rings.